The number of hydrogen-bond acceptors (Lipinski definition) is 4. The van der Waals surface area contributed by atoms with Gasteiger partial charge in [-0.3, -0.25) is 9.00 Å². The molecular weight excluding hydrogens is 226 g/mol. The average molecular weight is 241 g/mol. The fourth-order valence-corrected chi connectivity index (χ4v) is 1.71. The van der Waals surface area contributed by atoms with Crippen molar-refractivity contribution in [1.82, 2.24) is 10.3 Å². The largest absolute Gasteiger partial charge is 0.384 e. The first-order valence-corrected chi connectivity index (χ1v) is 6.48. The van der Waals surface area contributed by atoms with Crippen molar-refractivity contribution in [1.29, 1.82) is 0 Å². The smallest absolute Gasteiger partial charge is 0.269 e. The van der Waals surface area contributed by atoms with Gasteiger partial charge >= 0.3 is 0 Å². The predicted octanol–water partition coefficient (Wildman–Crippen LogP) is 0.162. The van der Waals surface area contributed by atoms with Crippen molar-refractivity contribution in [3.63, 3.8) is 0 Å². The van der Waals surface area contributed by atoms with Crippen molar-refractivity contribution in [3.05, 3.63) is 23.9 Å². The fraction of sp³-hybridized carbons (Fsp3) is 0.400. The first kappa shape index (κ1) is 12.6. The molecule has 5 nitrogen and oxygen atoms in total. The number of rotatable bonds is 5. The third-order valence-corrected chi connectivity index (χ3v) is 3.24. The molecular formula is C10H15N3O2S. The van der Waals surface area contributed by atoms with E-state index in [1.54, 1.807) is 18.2 Å². The Morgan fingerprint density at radius 3 is 2.94 bits per heavy atom. The highest BCUT2D eigenvalue weighted by atomic mass is 32.2. The van der Waals surface area contributed by atoms with Crippen LogP contribution in [0.5, 0.6) is 0 Å². The summed E-state index contributed by atoms with van der Waals surface area (Å²) >= 11 is 0. The predicted molar refractivity (Wildman–Crippen MR) is 64.5 cm³/mol. The molecule has 1 atom stereocenters. The molecule has 1 heterocycles. The number of nitrogens with one attached hydrogen (secondary N) is 1. The summed E-state index contributed by atoms with van der Waals surface area (Å²) in [5.74, 6) is 1.09. The SMILES string of the molecule is CCS(=O)CCNC(=O)c1cccc(N)n1. The van der Waals surface area contributed by atoms with Gasteiger partial charge in [0.25, 0.3) is 5.91 Å². The summed E-state index contributed by atoms with van der Waals surface area (Å²) in [6, 6.07) is 4.87. The molecule has 3 N–H and O–H groups in total. The number of anilines is 1. The molecule has 0 aromatic carbocycles. The second-order valence-electron chi connectivity index (χ2n) is 3.14. The van der Waals surface area contributed by atoms with Gasteiger partial charge in [0.2, 0.25) is 0 Å². The van der Waals surface area contributed by atoms with Crippen molar-refractivity contribution in [3.8, 4) is 0 Å². The Hall–Kier alpha value is -1.43. The Kier molecular flexibility index (Phi) is 4.91. The number of aromatic nitrogens is 1. The molecule has 1 rings (SSSR count). The van der Waals surface area contributed by atoms with Crippen LogP contribution in [0.4, 0.5) is 5.82 Å². The molecule has 0 aliphatic carbocycles. The van der Waals surface area contributed by atoms with E-state index in [1.165, 1.54) is 0 Å². The third-order valence-electron chi connectivity index (χ3n) is 1.94. The molecule has 0 saturated carbocycles. The molecule has 1 aromatic heterocycles. The van der Waals surface area contributed by atoms with E-state index in [0.29, 0.717) is 23.9 Å². The zero-order chi connectivity index (χ0) is 12.0. The van der Waals surface area contributed by atoms with Crippen LogP contribution in [0, 0.1) is 0 Å². The van der Waals surface area contributed by atoms with Gasteiger partial charge in [0.1, 0.15) is 11.5 Å². The molecule has 0 saturated heterocycles. The molecule has 0 spiro atoms. The molecule has 6 heteroatoms. The van der Waals surface area contributed by atoms with Crippen molar-refractivity contribution in [2.45, 2.75) is 6.92 Å². The second kappa shape index (κ2) is 6.22. The number of nitrogens with two attached hydrogens (primary N) is 1. The van der Waals surface area contributed by atoms with Gasteiger partial charge in [-0.15, -0.1) is 0 Å². The van der Waals surface area contributed by atoms with Crippen LogP contribution in [0.3, 0.4) is 0 Å². The lowest BCUT2D eigenvalue weighted by atomic mass is 10.3. The van der Waals surface area contributed by atoms with Crippen molar-refractivity contribution >= 4 is 22.5 Å². The first-order valence-electron chi connectivity index (χ1n) is 4.99. The normalized spacial score (nSPS) is 12.1. The Bertz CT molecular complexity index is 395. The van der Waals surface area contributed by atoms with Gasteiger partial charge in [-0.25, -0.2) is 4.98 Å². The van der Waals surface area contributed by atoms with E-state index in [4.69, 9.17) is 5.73 Å². The van der Waals surface area contributed by atoms with E-state index in [2.05, 4.69) is 10.3 Å². The minimum Gasteiger partial charge on any atom is -0.384 e. The van der Waals surface area contributed by atoms with Crippen molar-refractivity contribution in [2.24, 2.45) is 0 Å². The van der Waals surface area contributed by atoms with Crippen LogP contribution in [0.25, 0.3) is 0 Å². The van der Waals surface area contributed by atoms with Crippen LogP contribution >= 0.6 is 0 Å². The van der Waals surface area contributed by atoms with Crippen LogP contribution in [-0.2, 0) is 10.8 Å². The van der Waals surface area contributed by atoms with Crippen molar-refractivity contribution < 1.29 is 9.00 Å². The maximum atomic E-state index is 11.5. The monoisotopic (exact) mass is 241 g/mol. The summed E-state index contributed by atoms with van der Waals surface area (Å²) in [7, 11) is -0.864. The average Bonchev–Trinajstić information content (AvgIpc) is 2.28. The number of hydrogen-bond donors (Lipinski definition) is 2. The third kappa shape index (κ3) is 3.98. The van der Waals surface area contributed by atoms with E-state index < -0.39 is 10.8 Å². The summed E-state index contributed by atoms with van der Waals surface area (Å²) in [6.45, 7) is 2.23. The molecule has 1 aromatic rings. The van der Waals surface area contributed by atoms with Crippen molar-refractivity contribution in [2.75, 3.05) is 23.8 Å². The van der Waals surface area contributed by atoms with E-state index in [-0.39, 0.29) is 11.6 Å². The lowest BCUT2D eigenvalue weighted by Gasteiger charge is -2.04. The molecule has 16 heavy (non-hydrogen) atoms. The number of nitrogen functional groups attached to an aromatic ring is 1. The Morgan fingerprint density at radius 2 is 2.31 bits per heavy atom. The van der Waals surface area contributed by atoms with Gasteiger partial charge in [0, 0.05) is 28.9 Å². The Labute approximate surface area is 96.9 Å². The van der Waals surface area contributed by atoms with Gasteiger partial charge < -0.3 is 11.1 Å². The van der Waals surface area contributed by atoms with Crippen LogP contribution in [0.1, 0.15) is 17.4 Å². The maximum absolute atomic E-state index is 11.5. The van der Waals surface area contributed by atoms with Gasteiger partial charge in [-0.1, -0.05) is 13.0 Å². The Balaban J connectivity index is 2.44. The molecule has 0 aliphatic rings. The maximum Gasteiger partial charge on any atom is 0.269 e. The van der Waals surface area contributed by atoms with Crippen LogP contribution in [0.2, 0.25) is 0 Å². The molecule has 0 fully saturated rings. The summed E-state index contributed by atoms with van der Waals surface area (Å²) in [6.07, 6.45) is 0. The van der Waals surface area contributed by atoms with E-state index in [9.17, 15) is 9.00 Å². The number of carbonyl (C=O) groups is 1. The molecule has 1 amide bonds. The topological polar surface area (TPSA) is 85.1 Å². The highest BCUT2D eigenvalue weighted by Crippen LogP contribution is 1.99. The van der Waals surface area contributed by atoms with Crippen LogP contribution in [-0.4, -0.2) is 33.2 Å². The first-order chi connectivity index (χ1) is 7.63. The number of carbonyl (C=O) groups excluding carboxylic acids is 1. The zero-order valence-electron chi connectivity index (χ0n) is 9.10. The highest BCUT2D eigenvalue weighted by molar-refractivity contribution is 7.84. The lowest BCUT2D eigenvalue weighted by Crippen LogP contribution is -2.28. The zero-order valence-corrected chi connectivity index (χ0v) is 9.92. The minimum atomic E-state index is -0.864. The minimum absolute atomic E-state index is 0.280. The second-order valence-corrected chi connectivity index (χ2v) is 5.00. The van der Waals surface area contributed by atoms with Gasteiger partial charge in [-0.05, 0) is 12.1 Å². The fourth-order valence-electron chi connectivity index (χ4n) is 1.09. The number of amides is 1. The molecule has 0 bridgehead atoms. The molecule has 1 unspecified atom stereocenters. The summed E-state index contributed by atoms with van der Waals surface area (Å²) in [4.78, 5) is 15.4. The quantitative estimate of drug-likeness (QED) is 0.769. The van der Waals surface area contributed by atoms with Gasteiger partial charge in [0.15, 0.2) is 0 Å². The molecule has 0 radical (unpaired) electrons. The number of pyridine rings is 1. The van der Waals surface area contributed by atoms with Crippen LogP contribution < -0.4 is 11.1 Å². The van der Waals surface area contributed by atoms with E-state index >= 15 is 0 Å². The standard InChI is InChI=1S/C10H15N3O2S/c1-2-16(15)7-6-12-10(14)8-4-3-5-9(11)13-8/h3-5H,2,6-7H2,1H3,(H2,11,13)(H,12,14). The summed E-state index contributed by atoms with van der Waals surface area (Å²) in [5.41, 5.74) is 5.73. The Morgan fingerprint density at radius 1 is 1.56 bits per heavy atom. The molecule has 88 valence electrons. The summed E-state index contributed by atoms with van der Waals surface area (Å²) < 4.78 is 11.1. The molecule has 0 aliphatic heterocycles. The lowest BCUT2D eigenvalue weighted by molar-refractivity contribution is 0.0951. The van der Waals surface area contributed by atoms with E-state index in [0.717, 1.165) is 0 Å². The van der Waals surface area contributed by atoms with Gasteiger partial charge in [0.05, 0.1) is 0 Å². The van der Waals surface area contributed by atoms with Gasteiger partial charge in [-0.2, -0.15) is 0 Å². The van der Waals surface area contributed by atoms with Crippen LogP contribution in [0.15, 0.2) is 18.2 Å². The van der Waals surface area contributed by atoms with E-state index in [1.807, 2.05) is 6.92 Å². The highest BCUT2D eigenvalue weighted by Gasteiger charge is 2.06. The number of nitrogens with zero attached hydrogens (tertiary/aromatic N) is 1. The summed E-state index contributed by atoms with van der Waals surface area (Å²) in [5, 5.41) is 2.64.